The molecule has 0 aliphatic carbocycles. The molecule has 0 aliphatic heterocycles. The summed E-state index contributed by atoms with van der Waals surface area (Å²) < 4.78 is 0. The number of carbonyl (C=O) groups is 1. The van der Waals surface area contributed by atoms with E-state index in [1.165, 1.54) is 0 Å². The van der Waals surface area contributed by atoms with Gasteiger partial charge in [0.25, 0.3) is 0 Å². The summed E-state index contributed by atoms with van der Waals surface area (Å²) in [5, 5.41) is 0. The fourth-order valence-corrected chi connectivity index (χ4v) is 2.28. The Morgan fingerprint density at radius 1 is 1.10 bits per heavy atom. The van der Waals surface area contributed by atoms with Gasteiger partial charge in [-0.1, -0.05) is 18.2 Å². The minimum atomic E-state index is 0.0596. The van der Waals surface area contributed by atoms with E-state index in [4.69, 9.17) is 0 Å². The first-order valence-electron chi connectivity index (χ1n) is 7.08. The van der Waals surface area contributed by atoms with E-state index in [9.17, 15) is 4.79 Å². The van der Waals surface area contributed by atoms with Crippen molar-refractivity contribution in [2.24, 2.45) is 0 Å². The zero-order valence-corrected chi connectivity index (χ0v) is 12.7. The third-order valence-corrected chi connectivity index (χ3v) is 3.28. The lowest BCUT2D eigenvalue weighted by molar-refractivity contribution is -0.117. The Balaban J connectivity index is 2.13. The first-order valence-corrected chi connectivity index (χ1v) is 7.08. The van der Waals surface area contributed by atoms with E-state index in [0.29, 0.717) is 6.54 Å². The highest BCUT2D eigenvalue weighted by Crippen LogP contribution is 2.17. The van der Waals surface area contributed by atoms with E-state index in [1.807, 2.05) is 68.3 Å². The van der Waals surface area contributed by atoms with Crippen LogP contribution in [0.4, 0.5) is 11.4 Å². The molecule has 2 aromatic rings. The lowest BCUT2D eigenvalue weighted by Crippen LogP contribution is -2.43. The number of para-hydroxylation sites is 1. The van der Waals surface area contributed by atoms with Gasteiger partial charge in [-0.15, -0.1) is 0 Å². The van der Waals surface area contributed by atoms with Gasteiger partial charge in [0.1, 0.15) is 0 Å². The van der Waals surface area contributed by atoms with Crippen LogP contribution in [-0.2, 0) is 4.79 Å². The van der Waals surface area contributed by atoms with Gasteiger partial charge in [0.15, 0.2) is 0 Å². The zero-order chi connectivity index (χ0) is 15.2. The molecule has 21 heavy (non-hydrogen) atoms. The van der Waals surface area contributed by atoms with Crippen molar-refractivity contribution in [2.75, 3.05) is 23.4 Å². The molecule has 0 radical (unpaired) electrons. The number of amides is 1. The van der Waals surface area contributed by atoms with Crippen molar-refractivity contribution >= 4 is 17.3 Å². The Kier molecular flexibility index (Phi) is 4.93. The molecule has 0 unspecified atom stereocenters. The largest absolute Gasteiger partial charge is 0.365 e. The summed E-state index contributed by atoms with van der Waals surface area (Å²) in [7, 11) is 1.93. The summed E-state index contributed by atoms with van der Waals surface area (Å²) in [4.78, 5) is 20.5. The lowest BCUT2D eigenvalue weighted by Gasteiger charge is -2.29. The normalized spacial score (nSPS) is 10.5. The van der Waals surface area contributed by atoms with Crippen molar-refractivity contribution in [2.45, 2.75) is 19.9 Å². The fourth-order valence-electron chi connectivity index (χ4n) is 2.28. The van der Waals surface area contributed by atoms with Crippen molar-refractivity contribution < 1.29 is 4.79 Å². The van der Waals surface area contributed by atoms with Crippen LogP contribution < -0.4 is 9.80 Å². The summed E-state index contributed by atoms with van der Waals surface area (Å²) >= 11 is 0. The molecule has 1 aromatic carbocycles. The number of carbonyl (C=O) groups excluding carboxylic acids is 1. The summed E-state index contributed by atoms with van der Waals surface area (Å²) in [5.41, 5.74) is 1.86. The molecule has 0 saturated carbocycles. The van der Waals surface area contributed by atoms with Gasteiger partial charge in [-0.2, -0.15) is 0 Å². The van der Waals surface area contributed by atoms with Crippen LogP contribution in [0, 0.1) is 0 Å². The Bertz CT molecular complexity index is 569. The predicted octanol–water partition coefficient (Wildman–Crippen LogP) is 2.96. The number of benzene rings is 1. The summed E-state index contributed by atoms with van der Waals surface area (Å²) in [5.74, 6) is 0.0596. The van der Waals surface area contributed by atoms with Crippen molar-refractivity contribution in [3.8, 4) is 0 Å². The SMILES string of the molecule is CC(C)N(C(=O)CN(C)c1ccccc1)c1cccnc1. The van der Waals surface area contributed by atoms with Gasteiger partial charge < -0.3 is 9.80 Å². The number of aromatic nitrogens is 1. The molecular formula is C17H21N3O. The summed E-state index contributed by atoms with van der Waals surface area (Å²) in [6.07, 6.45) is 3.43. The third-order valence-electron chi connectivity index (χ3n) is 3.28. The first kappa shape index (κ1) is 15.0. The minimum Gasteiger partial charge on any atom is -0.365 e. The van der Waals surface area contributed by atoms with E-state index < -0.39 is 0 Å². The molecule has 0 bridgehead atoms. The second-order valence-corrected chi connectivity index (χ2v) is 5.26. The fraction of sp³-hybridized carbons (Fsp3) is 0.294. The van der Waals surface area contributed by atoms with Crippen LogP contribution in [0.15, 0.2) is 54.9 Å². The van der Waals surface area contributed by atoms with Crippen molar-refractivity contribution in [3.63, 3.8) is 0 Å². The molecule has 2 rings (SSSR count). The maximum atomic E-state index is 12.6. The van der Waals surface area contributed by atoms with Crippen LogP contribution in [0.5, 0.6) is 0 Å². The van der Waals surface area contributed by atoms with Crippen LogP contribution in [0.3, 0.4) is 0 Å². The highest BCUT2D eigenvalue weighted by Gasteiger charge is 2.20. The molecule has 0 N–H and O–H groups in total. The van der Waals surface area contributed by atoms with E-state index in [1.54, 1.807) is 17.3 Å². The standard InChI is InChI=1S/C17H21N3O/c1-14(2)20(16-10-7-11-18-12-16)17(21)13-19(3)15-8-5-4-6-9-15/h4-12,14H,13H2,1-3H3. The summed E-state index contributed by atoms with van der Waals surface area (Å²) in [6, 6.07) is 13.7. The highest BCUT2D eigenvalue weighted by molar-refractivity contribution is 5.96. The van der Waals surface area contributed by atoms with Gasteiger partial charge in [-0.05, 0) is 38.1 Å². The average Bonchev–Trinajstić information content (AvgIpc) is 2.49. The quantitative estimate of drug-likeness (QED) is 0.846. The molecule has 1 amide bonds. The first-order chi connectivity index (χ1) is 10.1. The van der Waals surface area contributed by atoms with Crippen molar-refractivity contribution in [3.05, 3.63) is 54.9 Å². The number of hydrogen-bond acceptors (Lipinski definition) is 3. The van der Waals surface area contributed by atoms with E-state index in [0.717, 1.165) is 11.4 Å². The number of likely N-dealkylation sites (N-methyl/N-ethyl adjacent to an activating group) is 1. The van der Waals surface area contributed by atoms with Gasteiger partial charge in [0, 0.05) is 25.0 Å². The molecular weight excluding hydrogens is 262 g/mol. The molecule has 0 aliphatic rings. The Morgan fingerprint density at radius 3 is 2.33 bits per heavy atom. The van der Waals surface area contributed by atoms with Crippen molar-refractivity contribution in [1.29, 1.82) is 0 Å². The molecule has 1 aromatic heterocycles. The maximum Gasteiger partial charge on any atom is 0.246 e. The second kappa shape index (κ2) is 6.88. The molecule has 0 atom stereocenters. The van der Waals surface area contributed by atoms with Crippen LogP contribution in [0.2, 0.25) is 0 Å². The topological polar surface area (TPSA) is 36.4 Å². The molecule has 1 heterocycles. The monoisotopic (exact) mass is 283 g/mol. The lowest BCUT2D eigenvalue weighted by atomic mass is 10.2. The van der Waals surface area contributed by atoms with Gasteiger partial charge in [-0.3, -0.25) is 9.78 Å². The van der Waals surface area contributed by atoms with Gasteiger partial charge >= 0.3 is 0 Å². The van der Waals surface area contributed by atoms with Gasteiger partial charge in [-0.25, -0.2) is 0 Å². The van der Waals surface area contributed by atoms with E-state index in [-0.39, 0.29) is 11.9 Å². The molecule has 0 spiro atoms. The third kappa shape index (κ3) is 3.81. The maximum absolute atomic E-state index is 12.6. The Labute approximate surface area is 126 Å². The Hall–Kier alpha value is -2.36. The van der Waals surface area contributed by atoms with Gasteiger partial charge in [0.2, 0.25) is 5.91 Å². The van der Waals surface area contributed by atoms with E-state index in [2.05, 4.69) is 4.98 Å². The van der Waals surface area contributed by atoms with E-state index >= 15 is 0 Å². The van der Waals surface area contributed by atoms with Crippen LogP contribution in [0.25, 0.3) is 0 Å². The molecule has 0 saturated heterocycles. The van der Waals surface area contributed by atoms with Crippen LogP contribution in [0.1, 0.15) is 13.8 Å². The number of pyridine rings is 1. The minimum absolute atomic E-state index is 0.0596. The number of hydrogen-bond donors (Lipinski definition) is 0. The van der Waals surface area contributed by atoms with Gasteiger partial charge in [0.05, 0.1) is 18.4 Å². The number of rotatable bonds is 5. The Morgan fingerprint density at radius 2 is 1.76 bits per heavy atom. The predicted molar refractivity (Wildman–Crippen MR) is 86.6 cm³/mol. The number of anilines is 2. The van der Waals surface area contributed by atoms with Crippen LogP contribution in [-0.4, -0.2) is 30.5 Å². The molecule has 4 heteroatoms. The zero-order valence-electron chi connectivity index (χ0n) is 12.7. The van der Waals surface area contributed by atoms with Crippen LogP contribution >= 0.6 is 0 Å². The molecule has 110 valence electrons. The smallest absolute Gasteiger partial charge is 0.246 e. The average molecular weight is 283 g/mol. The summed E-state index contributed by atoms with van der Waals surface area (Å²) in [6.45, 7) is 4.35. The molecule has 0 fully saturated rings. The second-order valence-electron chi connectivity index (χ2n) is 5.26. The highest BCUT2D eigenvalue weighted by atomic mass is 16.2. The molecule has 4 nitrogen and oxygen atoms in total. The number of nitrogens with zero attached hydrogens (tertiary/aromatic N) is 3. The van der Waals surface area contributed by atoms with Crippen molar-refractivity contribution in [1.82, 2.24) is 4.98 Å².